The maximum absolute atomic E-state index is 14.1. The summed E-state index contributed by atoms with van der Waals surface area (Å²) in [6.45, 7) is 2.82. The summed E-state index contributed by atoms with van der Waals surface area (Å²) in [5.74, 6) is -3.05. The number of anilines is 2. The molecule has 0 unspecified atom stereocenters. The van der Waals surface area contributed by atoms with Gasteiger partial charge in [-0.1, -0.05) is 158 Å². The van der Waals surface area contributed by atoms with Gasteiger partial charge in [-0.05, 0) is 62.0 Å². The van der Waals surface area contributed by atoms with E-state index in [1.54, 1.807) is 72.8 Å². The van der Waals surface area contributed by atoms with Gasteiger partial charge in [-0.3, -0.25) is 29.4 Å². The molecule has 0 radical (unpaired) electrons. The van der Waals surface area contributed by atoms with E-state index in [0.29, 0.717) is 59.6 Å². The summed E-state index contributed by atoms with van der Waals surface area (Å²) >= 11 is 0. The zero-order valence-corrected chi connectivity index (χ0v) is 37.2. The highest BCUT2D eigenvalue weighted by Crippen LogP contribution is 2.28. The zero-order chi connectivity index (χ0) is 46.5. The van der Waals surface area contributed by atoms with E-state index in [0.717, 1.165) is 37.1 Å². The van der Waals surface area contributed by atoms with E-state index < -0.39 is 30.4 Å². The summed E-state index contributed by atoms with van der Waals surface area (Å²) in [5, 5.41) is 27.9. The number of hydrogen-bond donors (Lipinski definition) is 4. The third-order valence-corrected chi connectivity index (χ3v) is 12.4. The van der Waals surface area contributed by atoms with E-state index in [-0.39, 0.29) is 35.3 Å². The van der Waals surface area contributed by atoms with Crippen LogP contribution in [-0.4, -0.2) is 92.4 Å². The Bertz CT molecular complexity index is 2530. The monoisotopic (exact) mass is 894 g/mol. The average molecular weight is 895 g/mol. The zero-order valence-electron chi connectivity index (χ0n) is 37.2. The minimum absolute atomic E-state index is 0.180. The summed E-state index contributed by atoms with van der Waals surface area (Å²) in [6.07, 6.45) is 2.62. The number of carbonyl (C=O) groups excluding carboxylic acids is 2. The van der Waals surface area contributed by atoms with Gasteiger partial charge in [0.15, 0.2) is 12.1 Å². The predicted octanol–water partition coefficient (Wildman–Crippen LogP) is 8.56. The molecule has 2 aliphatic heterocycles. The summed E-state index contributed by atoms with van der Waals surface area (Å²) in [7, 11) is 0. The van der Waals surface area contributed by atoms with Gasteiger partial charge in [-0.2, -0.15) is 0 Å². The van der Waals surface area contributed by atoms with Gasteiger partial charge in [0.25, 0.3) is 0 Å². The fourth-order valence-corrected chi connectivity index (χ4v) is 9.02. The minimum atomic E-state index is -1.58. The quantitative estimate of drug-likeness (QED) is 0.0624. The maximum Gasteiger partial charge on any atom is 0.328 e. The number of rotatable bonds is 18. The van der Waals surface area contributed by atoms with Crippen LogP contribution in [0.5, 0.6) is 0 Å². The van der Waals surface area contributed by atoms with Crippen LogP contribution in [-0.2, 0) is 32.3 Å². The molecule has 67 heavy (non-hydrogen) atoms. The highest BCUT2D eigenvalue weighted by atomic mass is 16.4. The molecule has 4 atom stereocenters. The molecule has 6 aromatic carbocycles. The van der Waals surface area contributed by atoms with Gasteiger partial charge in [0, 0.05) is 41.8 Å². The molecule has 0 aliphatic carbocycles. The van der Waals surface area contributed by atoms with E-state index in [1.165, 1.54) is 0 Å². The number of aliphatic carboxylic acids is 2. The minimum Gasteiger partial charge on any atom is -0.480 e. The first kappa shape index (κ1) is 46.0. The van der Waals surface area contributed by atoms with Crippen LogP contribution in [0.3, 0.4) is 0 Å². The first-order valence-electron chi connectivity index (χ1n) is 22.8. The Hall–Kier alpha value is -7.54. The largest absolute Gasteiger partial charge is 0.480 e. The molecule has 2 saturated heterocycles. The van der Waals surface area contributed by atoms with Gasteiger partial charge in [0.2, 0.25) is 11.8 Å². The fraction of sp³-hybridized carbons (Fsp3) is 0.236. The Morgan fingerprint density at radius 2 is 0.836 bits per heavy atom. The summed E-state index contributed by atoms with van der Waals surface area (Å²) in [4.78, 5) is 68.6. The van der Waals surface area contributed by atoms with Crippen molar-refractivity contribution in [3.05, 3.63) is 203 Å². The molecule has 8 rings (SSSR count). The van der Waals surface area contributed by atoms with E-state index in [2.05, 4.69) is 20.4 Å². The Labute approximate surface area is 390 Å². The Morgan fingerprint density at radius 3 is 1.21 bits per heavy atom. The van der Waals surface area contributed by atoms with E-state index in [4.69, 9.17) is 9.98 Å². The normalized spacial score (nSPS) is 17.7. The second kappa shape index (κ2) is 22.1. The molecule has 6 aromatic rings. The third-order valence-electron chi connectivity index (χ3n) is 12.4. The van der Waals surface area contributed by atoms with Gasteiger partial charge < -0.3 is 20.8 Å². The van der Waals surface area contributed by atoms with Gasteiger partial charge in [-0.25, -0.2) is 9.59 Å². The van der Waals surface area contributed by atoms with Crippen LogP contribution in [0.1, 0.15) is 65.5 Å². The van der Waals surface area contributed by atoms with Crippen molar-refractivity contribution in [3.8, 4) is 0 Å². The van der Waals surface area contributed by atoms with Crippen LogP contribution >= 0.6 is 0 Å². The predicted molar refractivity (Wildman–Crippen MR) is 262 cm³/mol. The molecule has 12 nitrogen and oxygen atoms in total. The Kier molecular flexibility index (Phi) is 15.2. The molecule has 0 saturated carbocycles. The van der Waals surface area contributed by atoms with Gasteiger partial charge in [0.1, 0.15) is 0 Å². The number of hydrogen-bond acceptors (Lipinski definition) is 8. The molecular formula is C55H54N6O6. The van der Waals surface area contributed by atoms with Crippen molar-refractivity contribution in [2.24, 2.45) is 9.98 Å². The second-order valence-corrected chi connectivity index (χ2v) is 16.9. The van der Waals surface area contributed by atoms with Crippen LogP contribution in [0.2, 0.25) is 0 Å². The Balaban J connectivity index is 1.10. The third kappa shape index (κ3) is 11.7. The first-order valence-corrected chi connectivity index (χ1v) is 22.8. The van der Waals surface area contributed by atoms with Gasteiger partial charge in [-0.15, -0.1) is 0 Å². The molecule has 0 bridgehead atoms. The highest BCUT2D eigenvalue weighted by molar-refractivity contribution is 6.19. The molecule has 2 aliphatic rings. The molecule has 2 heterocycles. The number of benzene rings is 6. The van der Waals surface area contributed by atoms with Crippen LogP contribution in [0.4, 0.5) is 11.4 Å². The molecule has 4 N–H and O–H groups in total. The SMILES string of the molecule is O=C(O)[C@H](C[C@@H](N=C(c1ccccc1)c1ccccc1NC(=O)[C@H]1CCCN1Cc1ccccc1)C(=O)O)N=C(c1ccccc1)c1ccccc1NC(=O)[C@@H]1CCCN1Cc1ccccc1. The van der Waals surface area contributed by atoms with Crippen molar-refractivity contribution in [3.63, 3.8) is 0 Å². The number of carboxylic acids is 2. The van der Waals surface area contributed by atoms with E-state index in [1.807, 2.05) is 97.1 Å². The average Bonchev–Trinajstić information content (AvgIpc) is 4.03. The van der Waals surface area contributed by atoms with Gasteiger partial charge >= 0.3 is 11.9 Å². The molecule has 12 heteroatoms. The molecular weight excluding hydrogens is 841 g/mol. The van der Waals surface area contributed by atoms with Crippen molar-refractivity contribution < 1.29 is 29.4 Å². The van der Waals surface area contributed by atoms with Crippen LogP contribution in [0.15, 0.2) is 180 Å². The van der Waals surface area contributed by atoms with E-state index in [9.17, 15) is 29.4 Å². The van der Waals surface area contributed by atoms with Crippen molar-refractivity contribution in [1.82, 2.24) is 9.80 Å². The summed E-state index contributed by atoms with van der Waals surface area (Å²) in [6, 6.07) is 48.5. The fourth-order valence-electron chi connectivity index (χ4n) is 9.02. The molecule has 2 fully saturated rings. The topological polar surface area (TPSA) is 164 Å². The number of aliphatic imine (C=N–C) groups is 2. The van der Waals surface area contributed by atoms with Crippen molar-refractivity contribution in [2.75, 3.05) is 23.7 Å². The number of carbonyl (C=O) groups is 4. The Morgan fingerprint density at radius 1 is 0.493 bits per heavy atom. The molecule has 340 valence electrons. The van der Waals surface area contributed by atoms with Gasteiger partial charge in [0.05, 0.1) is 34.9 Å². The first-order chi connectivity index (χ1) is 32.7. The number of nitrogens with zero attached hydrogens (tertiary/aromatic N) is 4. The van der Waals surface area contributed by atoms with Crippen molar-refractivity contribution >= 4 is 46.6 Å². The molecule has 0 aromatic heterocycles. The number of nitrogens with one attached hydrogen (secondary N) is 2. The number of carboxylic acid groups (broad SMARTS) is 2. The molecule has 2 amide bonds. The number of para-hydroxylation sites is 2. The maximum atomic E-state index is 14.1. The van der Waals surface area contributed by atoms with E-state index >= 15 is 0 Å². The lowest BCUT2D eigenvalue weighted by Crippen LogP contribution is -2.39. The lowest BCUT2D eigenvalue weighted by Gasteiger charge is -2.25. The van der Waals surface area contributed by atoms with Crippen LogP contribution < -0.4 is 10.6 Å². The van der Waals surface area contributed by atoms with Crippen molar-refractivity contribution in [1.29, 1.82) is 0 Å². The smallest absolute Gasteiger partial charge is 0.328 e. The van der Waals surface area contributed by atoms with Crippen LogP contribution in [0.25, 0.3) is 0 Å². The lowest BCUT2D eigenvalue weighted by molar-refractivity contribution is -0.140. The highest BCUT2D eigenvalue weighted by Gasteiger charge is 2.34. The number of likely N-dealkylation sites (tertiary alicyclic amines) is 2. The van der Waals surface area contributed by atoms with Crippen molar-refractivity contribution in [2.45, 2.75) is 69.4 Å². The number of amides is 2. The summed E-state index contributed by atoms with van der Waals surface area (Å²) < 4.78 is 0. The second-order valence-electron chi connectivity index (χ2n) is 16.9. The lowest BCUT2D eigenvalue weighted by atomic mass is 9.98. The molecule has 0 spiro atoms. The standard InChI is InChI=1S/C55H54N6O6/c62-52(48-31-17-33-60(48)36-38-19-5-1-6-20-38)58-44-29-15-13-27-42(44)50(40-23-9-3-10-24-40)56-46(54(64)65)35-47(55(66)67)57-51(41-25-11-4-12-26-41)43-28-14-16-30-45(43)59-53(63)49-32-18-34-61(49)37-39-21-7-2-8-22-39/h1-16,19-30,46-49H,17-18,31-37H2,(H,58,62)(H,59,63)(H,64,65)(H,66,67)/t46-,47+,48-,49+. The van der Waals surface area contributed by atoms with Crippen LogP contribution in [0, 0.1) is 0 Å². The summed E-state index contributed by atoms with van der Waals surface area (Å²) in [5.41, 5.74) is 5.79.